The molecule has 4 N–H and O–H groups in total. The lowest BCUT2D eigenvalue weighted by Crippen LogP contribution is -2.41. The van der Waals surface area contributed by atoms with Crippen molar-refractivity contribution in [1.82, 2.24) is 9.97 Å². The summed E-state index contributed by atoms with van der Waals surface area (Å²) in [5.41, 5.74) is 19.1. The number of ether oxygens (including phenoxy) is 2. The number of rotatable bonds is 2. The van der Waals surface area contributed by atoms with Gasteiger partial charge in [0.05, 0.1) is 11.2 Å². The fraction of sp³-hybridized carbons (Fsp3) is 0.436. The van der Waals surface area contributed by atoms with Crippen molar-refractivity contribution in [2.45, 2.75) is 109 Å². The van der Waals surface area contributed by atoms with Crippen LogP contribution in [0.2, 0.25) is 0 Å². The van der Waals surface area contributed by atoms with Crippen LogP contribution >= 0.6 is 15.9 Å². The highest BCUT2D eigenvalue weighted by molar-refractivity contribution is 9.10. The summed E-state index contributed by atoms with van der Waals surface area (Å²) < 4.78 is 66.0. The third-order valence-electron chi connectivity index (χ3n) is 9.88. The zero-order chi connectivity index (χ0) is 36.6. The molecule has 7 rings (SSSR count). The first-order chi connectivity index (χ1) is 23.2. The van der Waals surface area contributed by atoms with Crippen LogP contribution in [-0.4, -0.2) is 33.0 Å². The summed E-state index contributed by atoms with van der Waals surface area (Å²) in [6.07, 6.45) is 3.61. The van der Waals surface area contributed by atoms with E-state index >= 15 is 0 Å². The number of hydrogen-bond acceptors (Lipinski definition) is 6. The van der Waals surface area contributed by atoms with Gasteiger partial charge < -0.3 is 20.9 Å². The van der Waals surface area contributed by atoms with Crippen LogP contribution in [0, 0.1) is 13.8 Å². The Hall–Kier alpha value is -3.54. The highest BCUT2D eigenvalue weighted by Crippen LogP contribution is 2.44. The van der Waals surface area contributed by atoms with E-state index in [9.17, 15) is 17.6 Å². The van der Waals surface area contributed by atoms with Gasteiger partial charge in [-0.15, -0.1) is 0 Å². The lowest BCUT2D eigenvalue weighted by Gasteiger charge is -2.30. The van der Waals surface area contributed by atoms with E-state index in [0.717, 1.165) is 54.5 Å². The molecule has 2 aliphatic carbocycles. The lowest BCUT2D eigenvalue weighted by molar-refractivity contribution is -0.0897. The molecule has 0 bridgehead atoms. The van der Waals surface area contributed by atoms with Crippen molar-refractivity contribution >= 4 is 27.6 Å². The number of nitrogen functional groups attached to an aromatic ring is 2. The van der Waals surface area contributed by atoms with Gasteiger partial charge >= 0.3 is 0 Å². The molecule has 0 saturated carbocycles. The van der Waals surface area contributed by atoms with Crippen molar-refractivity contribution in [3.63, 3.8) is 0 Å². The van der Waals surface area contributed by atoms with E-state index in [1.807, 2.05) is 77.9 Å². The minimum atomic E-state index is -2.58. The first kappa shape index (κ1) is 37.7. The van der Waals surface area contributed by atoms with Gasteiger partial charge in [0.1, 0.15) is 11.6 Å². The Morgan fingerprint density at radius 1 is 0.680 bits per heavy atom. The van der Waals surface area contributed by atoms with Gasteiger partial charge in [0, 0.05) is 53.7 Å². The van der Waals surface area contributed by atoms with Gasteiger partial charge in [-0.25, -0.2) is 27.5 Å². The van der Waals surface area contributed by atoms with Crippen LogP contribution in [0.5, 0.6) is 0 Å². The summed E-state index contributed by atoms with van der Waals surface area (Å²) in [6, 6.07) is 15.0. The Morgan fingerprint density at radius 3 is 1.68 bits per heavy atom. The highest BCUT2D eigenvalue weighted by atomic mass is 79.9. The zero-order valence-corrected chi connectivity index (χ0v) is 30.9. The number of halogens is 5. The molecule has 2 aromatic heterocycles. The van der Waals surface area contributed by atoms with E-state index in [2.05, 4.69) is 25.9 Å². The Kier molecular flexibility index (Phi) is 10.7. The first-order valence-corrected chi connectivity index (χ1v) is 17.5. The molecular formula is C39H45BrF4N4O2. The molecule has 0 atom stereocenters. The van der Waals surface area contributed by atoms with Crippen LogP contribution in [0.1, 0.15) is 85.8 Å². The van der Waals surface area contributed by atoms with Crippen LogP contribution in [-0.2, 0) is 35.2 Å². The van der Waals surface area contributed by atoms with Crippen LogP contribution in [0.4, 0.5) is 29.2 Å². The summed E-state index contributed by atoms with van der Waals surface area (Å²) >= 11 is 3.37. The van der Waals surface area contributed by atoms with E-state index < -0.39 is 11.8 Å². The van der Waals surface area contributed by atoms with Gasteiger partial charge in [0.25, 0.3) is 11.8 Å². The van der Waals surface area contributed by atoms with Crippen LogP contribution in [0.3, 0.4) is 0 Å². The second kappa shape index (κ2) is 14.2. The van der Waals surface area contributed by atoms with Crippen LogP contribution in [0.15, 0.2) is 65.4 Å². The number of nitrogens with two attached hydrogens (primary N) is 2. The van der Waals surface area contributed by atoms with Crippen molar-refractivity contribution in [2.24, 2.45) is 0 Å². The molecule has 268 valence electrons. The number of benzene rings is 2. The fourth-order valence-electron chi connectivity index (χ4n) is 6.17. The predicted molar refractivity (Wildman–Crippen MR) is 193 cm³/mol. The van der Waals surface area contributed by atoms with Gasteiger partial charge in [-0.05, 0) is 124 Å². The quantitative estimate of drug-likeness (QED) is 0.198. The second-order valence-corrected chi connectivity index (χ2v) is 15.3. The monoisotopic (exact) mass is 756 g/mol. The molecule has 0 spiro atoms. The van der Waals surface area contributed by atoms with Crippen molar-refractivity contribution in [3.05, 3.63) is 104 Å². The Morgan fingerprint density at radius 2 is 1.18 bits per heavy atom. The molecule has 0 unspecified atom stereocenters. The number of fused-ring (bicyclic) bond motifs is 2. The maximum absolute atomic E-state index is 13.5. The zero-order valence-electron chi connectivity index (χ0n) is 29.3. The van der Waals surface area contributed by atoms with Crippen LogP contribution in [0.25, 0.3) is 11.1 Å². The van der Waals surface area contributed by atoms with E-state index in [1.54, 1.807) is 24.5 Å². The third kappa shape index (κ3) is 8.84. The third-order valence-corrected chi connectivity index (χ3v) is 10.7. The normalized spacial score (nSPS) is 19.6. The molecule has 1 fully saturated rings. The van der Waals surface area contributed by atoms with Gasteiger partial charge in [-0.2, -0.15) is 0 Å². The number of pyridine rings is 2. The number of alkyl halides is 4. The molecule has 2 aromatic carbocycles. The fourth-order valence-corrected chi connectivity index (χ4v) is 6.56. The number of anilines is 2. The highest BCUT2D eigenvalue weighted by Gasteiger charge is 2.49. The summed E-state index contributed by atoms with van der Waals surface area (Å²) in [5.74, 6) is -4.14. The molecule has 1 saturated heterocycles. The Labute approximate surface area is 300 Å². The molecule has 3 heterocycles. The molecule has 6 nitrogen and oxygen atoms in total. The predicted octanol–water partition coefficient (Wildman–Crippen LogP) is 9.91. The SMILES string of the molecule is CC1(C)OC(c2ccc(N)nc2)OC1(C)C.Cc1cc2c(cc1-c1ccc(N)nc1)CC(F)(F)CC2.Cc1cc2c(cc1Br)CC(F)(F)CC2. The molecule has 1 aliphatic heterocycles. The molecule has 4 aromatic rings. The van der Waals surface area contributed by atoms with Crippen molar-refractivity contribution in [3.8, 4) is 11.1 Å². The van der Waals surface area contributed by atoms with Gasteiger partial charge in [0.2, 0.25) is 0 Å². The smallest absolute Gasteiger partial charge is 0.252 e. The van der Waals surface area contributed by atoms with E-state index in [-0.39, 0.29) is 43.2 Å². The largest absolute Gasteiger partial charge is 0.384 e. The molecule has 50 heavy (non-hydrogen) atoms. The topological polar surface area (TPSA) is 96.3 Å². The molecule has 3 aliphatic rings. The first-order valence-electron chi connectivity index (χ1n) is 16.7. The van der Waals surface area contributed by atoms with E-state index in [0.29, 0.717) is 24.5 Å². The van der Waals surface area contributed by atoms with Gasteiger partial charge in [0.15, 0.2) is 6.29 Å². The molecular weight excluding hydrogens is 712 g/mol. The standard InChI is InChI=1S/C16H16F2N2.C12H18N2O2.C11H11BrF2/c1-10-6-11-4-5-16(17,18)8-13(11)7-14(10)12-2-3-15(19)20-9-12;1-11(2)12(3,4)16-10(15-11)8-5-6-9(13)14-7-8;1-7-4-8-2-3-11(13,14)6-9(8)5-10(7)12/h2-3,6-7,9H,4-5,8H2,1H3,(H2,19,20);5-7,10H,1-4H3,(H2,13,14);4-5H,2-3,6H2,1H3. The van der Waals surface area contributed by atoms with Gasteiger partial charge in [-0.1, -0.05) is 34.1 Å². The number of aryl methyl sites for hydroxylation is 4. The van der Waals surface area contributed by atoms with E-state index in [1.165, 1.54) is 0 Å². The Balaban J connectivity index is 0.000000148. The maximum atomic E-state index is 13.5. The van der Waals surface area contributed by atoms with Crippen molar-refractivity contribution in [1.29, 1.82) is 0 Å². The van der Waals surface area contributed by atoms with Gasteiger partial charge in [-0.3, -0.25) is 0 Å². The average molecular weight is 758 g/mol. The summed E-state index contributed by atoms with van der Waals surface area (Å²) in [5, 5.41) is 0. The van der Waals surface area contributed by atoms with Crippen LogP contribution < -0.4 is 11.5 Å². The summed E-state index contributed by atoms with van der Waals surface area (Å²) in [7, 11) is 0. The summed E-state index contributed by atoms with van der Waals surface area (Å²) in [4.78, 5) is 8.10. The molecule has 11 heteroatoms. The second-order valence-electron chi connectivity index (χ2n) is 14.4. The minimum absolute atomic E-state index is 0.0128. The number of nitrogens with zero attached hydrogens (tertiary/aromatic N) is 2. The number of aromatic nitrogens is 2. The summed E-state index contributed by atoms with van der Waals surface area (Å²) in [6.45, 7) is 12.1. The average Bonchev–Trinajstić information content (AvgIpc) is 3.25. The lowest BCUT2D eigenvalue weighted by atomic mass is 9.85. The van der Waals surface area contributed by atoms with Crippen molar-refractivity contribution in [2.75, 3.05) is 11.5 Å². The minimum Gasteiger partial charge on any atom is -0.384 e. The molecule has 0 radical (unpaired) electrons. The van der Waals surface area contributed by atoms with E-state index in [4.69, 9.17) is 20.9 Å². The molecule has 0 amide bonds. The Bertz CT molecular complexity index is 1810. The maximum Gasteiger partial charge on any atom is 0.252 e. The van der Waals surface area contributed by atoms with Crippen molar-refractivity contribution < 1.29 is 27.0 Å². The number of hydrogen-bond donors (Lipinski definition) is 2.